The van der Waals surface area contributed by atoms with E-state index in [-0.39, 0.29) is 10.8 Å². The number of nitrogens with zero attached hydrogens (tertiary/aromatic N) is 3. The van der Waals surface area contributed by atoms with Crippen LogP contribution in [0.25, 0.3) is 0 Å². The number of nitrogens with one attached hydrogen (secondary N) is 2. The monoisotopic (exact) mass is 405 g/mol. The van der Waals surface area contributed by atoms with Crippen LogP contribution in [-0.4, -0.2) is 54.4 Å². The van der Waals surface area contributed by atoms with Crippen molar-refractivity contribution >= 4 is 21.6 Å². The van der Waals surface area contributed by atoms with Crippen LogP contribution in [-0.2, 0) is 16.6 Å². The highest BCUT2D eigenvalue weighted by Gasteiger charge is 2.28. The van der Waals surface area contributed by atoms with Crippen LogP contribution in [0.1, 0.15) is 36.5 Å². The first-order chi connectivity index (χ1) is 13.5. The lowest BCUT2D eigenvalue weighted by molar-refractivity contribution is 0.0952. The molecule has 28 heavy (non-hydrogen) atoms. The van der Waals surface area contributed by atoms with Gasteiger partial charge in [0.2, 0.25) is 10.0 Å². The highest BCUT2D eigenvalue weighted by molar-refractivity contribution is 7.89. The fourth-order valence-corrected chi connectivity index (χ4v) is 4.84. The molecule has 0 bridgehead atoms. The summed E-state index contributed by atoms with van der Waals surface area (Å²) in [4.78, 5) is 16.7. The largest absolute Gasteiger partial charge is 0.385 e. The quantitative estimate of drug-likeness (QED) is 0.622. The third-order valence-corrected chi connectivity index (χ3v) is 6.57. The molecule has 1 aromatic heterocycles. The van der Waals surface area contributed by atoms with E-state index in [9.17, 15) is 13.2 Å². The summed E-state index contributed by atoms with van der Waals surface area (Å²) in [5.41, 5.74) is 0.977. The number of aryl methyl sites for hydroxylation is 1. The summed E-state index contributed by atoms with van der Waals surface area (Å²) in [5, 5.41) is 5.99. The number of hydrogen-bond donors (Lipinski definition) is 2. The zero-order chi connectivity index (χ0) is 20.0. The van der Waals surface area contributed by atoms with E-state index in [2.05, 4.69) is 15.6 Å². The topological polar surface area (TPSA) is 96.3 Å². The number of hydrogen-bond acceptors (Lipinski definition) is 5. The summed E-state index contributed by atoms with van der Waals surface area (Å²) < 4.78 is 29.3. The zero-order valence-corrected chi connectivity index (χ0v) is 16.9. The Balaban J connectivity index is 1.71. The Morgan fingerprint density at radius 2 is 2.00 bits per heavy atom. The molecular formula is C19H27N5O3S. The maximum Gasteiger partial charge on any atom is 0.251 e. The van der Waals surface area contributed by atoms with Gasteiger partial charge in [0, 0.05) is 56.4 Å². The van der Waals surface area contributed by atoms with Gasteiger partial charge in [0.15, 0.2) is 0 Å². The van der Waals surface area contributed by atoms with E-state index in [1.807, 2.05) is 17.7 Å². The Morgan fingerprint density at radius 1 is 1.21 bits per heavy atom. The lowest BCUT2D eigenvalue weighted by atomic mass is 10.2. The number of amides is 1. The highest BCUT2D eigenvalue weighted by atomic mass is 32.2. The highest BCUT2D eigenvalue weighted by Crippen LogP contribution is 2.25. The number of benzene rings is 1. The van der Waals surface area contributed by atoms with Crippen LogP contribution in [0.5, 0.6) is 0 Å². The molecule has 152 valence electrons. The second-order valence-electron chi connectivity index (χ2n) is 6.80. The SMILES string of the molecule is CCNc1cc(C(=O)NCCCn2ccnc2)cc(S(=O)(=O)N2CCCC2)c1. The van der Waals surface area contributed by atoms with Crippen molar-refractivity contribution in [3.63, 3.8) is 0 Å². The van der Waals surface area contributed by atoms with Gasteiger partial charge in [-0.25, -0.2) is 13.4 Å². The van der Waals surface area contributed by atoms with E-state index < -0.39 is 10.0 Å². The molecule has 0 saturated carbocycles. The lowest BCUT2D eigenvalue weighted by Crippen LogP contribution is -2.29. The summed E-state index contributed by atoms with van der Waals surface area (Å²) in [6.45, 7) is 4.88. The van der Waals surface area contributed by atoms with E-state index in [0.717, 1.165) is 25.8 Å². The average molecular weight is 406 g/mol. The van der Waals surface area contributed by atoms with Crippen molar-refractivity contribution in [3.8, 4) is 0 Å². The van der Waals surface area contributed by atoms with E-state index in [4.69, 9.17) is 0 Å². The molecule has 3 rings (SSSR count). The third-order valence-electron chi connectivity index (χ3n) is 4.69. The molecule has 1 amide bonds. The maximum atomic E-state index is 12.9. The van der Waals surface area contributed by atoms with E-state index >= 15 is 0 Å². The molecule has 8 nitrogen and oxygen atoms in total. The van der Waals surface area contributed by atoms with Crippen molar-refractivity contribution in [2.45, 2.75) is 37.6 Å². The van der Waals surface area contributed by atoms with E-state index in [1.165, 1.54) is 10.4 Å². The normalized spacial score (nSPS) is 14.9. The molecule has 0 spiro atoms. The summed E-state index contributed by atoms with van der Waals surface area (Å²) in [5.74, 6) is -0.275. The van der Waals surface area contributed by atoms with Crippen LogP contribution in [0.2, 0.25) is 0 Å². The molecule has 0 radical (unpaired) electrons. The fourth-order valence-electron chi connectivity index (χ4n) is 3.25. The van der Waals surface area contributed by atoms with E-state index in [1.54, 1.807) is 24.7 Å². The lowest BCUT2D eigenvalue weighted by Gasteiger charge is -2.17. The minimum Gasteiger partial charge on any atom is -0.385 e. The van der Waals surface area contributed by atoms with Crippen LogP contribution in [0.3, 0.4) is 0 Å². The second kappa shape index (κ2) is 9.20. The molecule has 1 fully saturated rings. The van der Waals surface area contributed by atoms with Crippen molar-refractivity contribution in [1.82, 2.24) is 19.2 Å². The van der Waals surface area contributed by atoms with Crippen LogP contribution < -0.4 is 10.6 Å². The second-order valence-corrected chi connectivity index (χ2v) is 8.74. The van der Waals surface area contributed by atoms with Gasteiger partial charge < -0.3 is 15.2 Å². The number of anilines is 1. The number of imidazole rings is 1. The minimum absolute atomic E-state index is 0.163. The zero-order valence-electron chi connectivity index (χ0n) is 16.1. The minimum atomic E-state index is -3.59. The van der Waals surface area contributed by atoms with Gasteiger partial charge in [-0.15, -0.1) is 0 Å². The molecule has 1 aliphatic rings. The first-order valence-electron chi connectivity index (χ1n) is 9.64. The fraction of sp³-hybridized carbons (Fsp3) is 0.474. The number of rotatable bonds is 9. The average Bonchev–Trinajstić information content (AvgIpc) is 3.39. The number of carbonyl (C=O) groups is 1. The maximum absolute atomic E-state index is 12.9. The van der Waals surface area contributed by atoms with Crippen LogP contribution >= 0.6 is 0 Å². The standard InChI is InChI=1S/C19H27N5O3S/c1-2-21-17-12-16(19(25)22-6-5-8-23-11-7-20-15-23)13-18(14-17)28(26,27)24-9-3-4-10-24/h7,11-15,21H,2-6,8-10H2,1H3,(H,22,25). The molecule has 0 aliphatic carbocycles. The Labute approximate surface area is 166 Å². The van der Waals surface area contributed by atoms with Gasteiger partial charge in [0.25, 0.3) is 5.91 Å². The van der Waals surface area contributed by atoms with Gasteiger partial charge in [0.1, 0.15) is 0 Å². The Bertz CT molecular complexity index is 890. The van der Waals surface area contributed by atoms with E-state index in [0.29, 0.717) is 37.4 Å². The van der Waals surface area contributed by atoms with Gasteiger partial charge >= 0.3 is 0 Å². The summed E-state index contributed by atoms with van der Waals surface area (Å²) >= 11 is 0. The third kappa shape index (κ3) is 4.90. The molecule has 9 heteroatoms. The molecule has 0 atom stereocenters. The number of aromatic nitrogens is 2. The molecule has 1 aliphatic heterocycles. The van der Waals surface area contributed by atoms with Crippen molar-refractivity contribution in [1.29, 1.82) is 0 Å². The molecule has 0 unspecified atom stereocenters. The smallest absolute Gasteiger partial charge is 0.251 e. The van der Waals surface area contributed by atoms with Crippen LogP contribution in [0, 0.1) is 0 Å². The van der Waals surface area contributed by atoms with Gasteiger partial charge in [0.05, 0.1) is 11.2 Å². The van der Waals surface area contributed by atoms with Crippen molar-refractivity contribution in [2.75, 3.05) is 31.5 Å². The molecule has 1 aromatic carbocycles. The molecule has 1 saturated heterocycles. The summed E-state index contributed by atoms with van der Waals surface area (Å²) in [6, 6.07) is 4.77. The van der Waals surface area contributed by atoms with Crippen LogP contribution in [0.4, 0.5) is 5.69 Å². The molecule has 2 aromatic rings. The van der Waals surface area contributed by atoms with Gasteiger partial charge in [-0.3, -0.25) is 4.79 Å². The van der Waals surface area contributed by atoms with Gasteiger partial charge in [-0.2, -0.15) is 4.31 Å². The first-order valence-corrected chi connectivity index (χ1v) is 11.1. The van der Waals surface area contributed by atoms with Crippen molar-refractivity contribution in [2.24, 2.45) is 0 Å². The van der Waals surface area contributed by atoms with Gasteiger partial charge in [-0.05, 0) is 44.4 Å². The van der Waals surface area contributed by atoms with Crippen molar-refractivity contribution in [3.05, 3.63) is 42.5 Å². The Morgan fingerprint density at radius 3 is 2.68 bits per heavy atom. The van der Waals surface area contributed by atoms with Crippen molar-refractivity contribution < 1.29 is 13.2 Å². The summed E-state index contributed by atoms with van der Waals surface area (Å²) in [6.07, 6.45) is 7.82. The number of sulfonamides is 1. The number of carbonyl (C=O) groups excluding carboxylic acids is 1. The predicted octanol–water partition coefficient (Wildman–Crippen LogP) is 1.92. The first kappa shape index (κ1) is 20.3. The Hall–Kier alpha value is -2.39. The Kier molecular flexibility index (Phi) is 6.69. The van der Waals surface area contributed by atoms with Gasteiger partial charge in [-0.1, -0.05) is 0 Å². The molecule has 2 N–H and O–H groups in total. The molecular weight excluding hydrogens is 378 g/mol. The summed E-state index contributed by atoms with van der Waals surface area (Å²) in [7, 11) is -3.59. The van der Waals surface area contributed by atoms with Crippen LogP contribution in [0.15, 0.2) is 41.8 Å². The predicted molar refractivity (Wildman–Crippen MR) is 108 cm³/mol. The molecule has 2 heterocycles.